The minimum absolute atomic E-state index is 0.0560. The fourth-order valence-corrected chi connectivity index (χ4v) is 3.38. The first-order valence-corrected chi connectivity index (χ1v) is 9.21. The Balaban J connectivity index is 1.82. The third kappa shape index (κ3) is 4.25. The van der Waals surface area contributed by atoms with E-state index < -0.39 is 0 Å². The molecule has 0 unspecified atom stereocenters. The number of carbonyl (C=O) groups excluding carboxylic acids is 1. The molecule has 3 aromatic rings. The number of hydrogen-bond acceptors (Lipinski definition) is 5. The maximum atomic E-state index is 14.1. The molecule has 5 nitrogen and oxygen atoms in total. The van der Waals surface area contributed by atoms with Gasteiger partial charge >= 0.3 is 0 Å². The van der Waals surface area contributed by atoms with Crippen LogP contribution < -0.4 is 4.74 Å². The number of carbonyl (C=O) groups is 1. The van der Waals surface area contributed by atoms with Crippen LogP contribution in [-0.4, -0.2) is 33.4 Å². The van der Waals surface area contributed by atoms with Crippen LogP contribution in [0, 0.1) is 5.82 Å². The third-order valence-electron chi connectivity index (χ3n) is 3.87. The van der Waals surface area contributed by atoms with Crippen molar-refractivity contribution in [2.24, 2.45) is 0 Å². The summed E-state index contributed by atoms with van der Waals surface area (Å²) in [5, 5.41) is 8.78. The first-order valence-electron chi connectivity index (χ1n) is 8.23. The van der Waals surface area contributed by atoms with E-state index >= 15 is 0 Å². The molecule has 0 radical (unpaired) electrons. The first-order chi connectivity index (χ1) is 13.1. The van der Waals surface area contributed by atoms with Crippen molar-refractivity contribution in [3.63, 3.8) is 0 Å². The second-order valence-electron chi connectivity index (χ2n) is 5.63. The van der Waals surface area contributed by atoms with Crippen molar-refractivity contribution in [3.8, 4) is 17.1 Å². The number of Topliss-reactive ketones (excluding diaryl/α,β-unsaturated/α-hetero) is 1. The SMILES string of the molecule is C=CCn1c(SCC(=O)c2cccc(OC)c2)nnc1-c1ccccc1F. The fourth-order valence-electron chi connectivity index (χ4n) is 2.54. The van der Waals surface area contributed by atoms with Crippen molar-refractivity contribution in [1.29, 1.82) is 0 Å². The summed E-state index contributed by atoms with van der Waals surface area (Å²) in [7, 11) is 1.56. The molecule has 7 heteroatoms. The van der Waals surface area contributed by atoms with E-state index in [9.17, 15) is 9.18 Å². The van der Waals surface area contributed by atoms with Gasteiger partial charge in [-0.1, -0.05) is 42.1 Å². The summed E-state index contributed by atoms with van der Waals surface area (Å²) in [5.41, 5.74) is 0.920. The molecule has 0 amide bonds. The Kier molecular flexibility index (Phi) is 6.03. The molecule has 0 aliphatic heterocycles. The van der Waals surface area contributed by atoms with Crippen molar-refractivity contribution in [1.82, 2.24) is 14.8 Å². The second-order valence-corrected chi connectivity index (χ2v) is 6.57. The Morgan fingerprint density at radius 1 is 1.26 bits per heavy atom. The predicted molar refractivity (Wildman–Crippen MR) is 104 cm³/mol. The van der Waals surface area contributed by atoms with E-state index in [0.717, 1.165) is 0 Å². The quantitative estimate of drug-likeness (QED) is 0.331. The number of halogens is 1. The Bertz CT molecular complexity index is 971. The summed E-state index contributed by atoms with van der Waals surface area (Å²) >= 11 is 1.25. The van der Waals surface area contributed by atoms with E-state index in [0.29, 0.717) is 34.4 Å². The summed E-state index contributed by atoms with van der Waals surface area (Å²) in [6, 6.07) is 13.4. The van der Waals surface area contributed by atoms with Crippen molar-refractivity contribution in [3.05, 3.63) is 72.6 Å². The number of nitrogens with zero attached hydrogens (tertiary/aromatic N) is 3. The Labute approximate surface area is 160 Å². The van der Waals surface area contributed by atoms with Gasteiger partial charge in [0, 0.05) is 12.1 Å². The monoisotopic (exact) mass is 383 g/mol. The van der Waals surface area contributed by atoms with Gasteiger partial charge in [0.25, 0.3) is 0 Å². The number of aromatic nitrogens is 3. The van der Waals surface area contributed by atoms with Crippen molar-refractivity contribution in [2.45, 2.75) is 11.7 Å². The number of rotatable bonds is 8. The van der Waals surface area contributed by atoms with Crippen LogP contribution in [0.15, 0.2) is 66.3 Å². The van der Waals surface area contributed by atoms with E-state index in [4.69, 9.17) is 4.74 Å². The molecule has 0 N–H and O–H groups in total. The highest BCUT2D eigenvalue weighted by molar-refractivity contribution is 7.99. The van der Waals surface area contributed by atoms with Gasteiger partial charge in [0.1, 0.15) is 11.6 Å². The first kappa shape index (κ1) is 18.8. The van der Waals surface area contributed by atoms with E-state index in [1.807, 2.05) is 0 Å². The van der Waals surface area contributed by atoms with Gasteiger partial charge in [-0.25, -0.2) is 4.39 Å². The van der Waals surface area contributed by atoms with Crippen LogP contribution >= 0.6 is 11.8 Å². The molecule has 27 heavy (non-hydrogen) atoms. The Morgan fingerprint density at radius 3 is 2.81 bits per heavy atom. The van der Waals surface area contributed by atoms with Gasteiger partial charge in [0.2, 0.25) is 0 Å². The molecule has 0 bridgehead atoms. The fraction of sp³-hybridized carbons (Fsp3) is 0.150. The number of benzene rings is 2. The number of hydrogen-bond donors (Lipinski definition) is 0. The number of allylic oxidation sites excluding steroid dienone is 1. The minimum atomic E-state index is -0.376. The third-order valence-corrected chi connectivity index (χ3v) is 4.83. The van der Waals surface area contributed by atoms with Crippen LogP contribution in [0.25, 0.3) is 11.4 Å². The molecule has 1 aromatic heterocycles. The second kappa shape index (κ2) is 8.64. The number of ketones is 1. The largest absolute Gasteiger partial charge is 0.497 e. The lowest BCUT2D eigenvalue weighted by molar-refractivity contribution is 0.102. The molecular weight excluding hydrogens is 365 g/mol. The molecule has 0 spiro atoms. The molecule has 138 valence electrons. The van der Waals surface area contributed by atoms with E-state index in [1.165, 1.54) is 17.8 Å². The lowest BCUT2D eigenvalue weighted by Gasteiger charge is -2.08. The van der Waals surface area contributed by atoms with Crippen LogP contribution in [0.3, 0.4) is 0 Å². The van der Waals surface area contributed by atoms with Gasteiger partial charge in [-0.3, -0.25) is 9.36 Å². The maximum Gasteiger partial charge on any atom is 0.192 e. The van der Waals surface area contributed by atoms with Gasteiger partial charge in [-0.2, -0.15) is 0 Å². The van der Waals surface area contributed by atoms with Crippen LogP contribution in [0.5, 0.6) is 5.75 Å². The van der Waals surface area contributed by atoms with Gasteiger partial charge in [-0.05, 0) is 24.3 Å². The summed E-state index contributed by atoms with van der Waals surface area (Å²) < 4.78 is 21.0. The number of ether oxygens (including phenoxy) is 1. The summed E-state index contributed by atoms with van der Waals surface area (Å²) in [6.45, 7) is 4.14. The normalized spacial score (nSPS) is 10.6. The van der Waals surface area contributed by atoms with Crippen LogP contribution in [-0.2, 0) is 6.54 Å². The highest BCUT2D eigenvalue weighted by Gasteiger charge is 2.17. The highest BCUT2D eigenvalue weighted by atomic mass is 32.2. The van der Waals surface area contributed by atoms with Crippen molar-refractivity contribution < 1.29 is 13.9 Å². The molecule has 3 rings (SSSR count). The maximum absolute atomic E-state index is 14.1. The molecule has 0 aliphatic rings. The van der Waals surface area contributed by atoms with Crippen LogP contribution in [0.2, 0.25) is 0 Å². The zero-order chi connectivity index (χ0) is 19.2. The zero-order valence-corrected chi connectivity index (χ0v) is 15.6. The van der Waals surface area contributed by atoms with Crippen molar-refractivity contribution in [2.75, 3.05) is 12.9 Å². The Morgan fingerprint density at radius 2 is 2.07 bits per heavy atom. The molecule has 1 heterocycles. The lowest BCUT2D eigenvalue weighted by Crippen LogP contribution is -2.06. The summed E-state index contributed by atoms with van der Waals surface area (Å²) in [6.07, 6.45) is 1.68. The molecule has 0 saturated heterocycles. The standard InChI is InChI=1S/C20H18FN3O2S/c1-3-11-24-19(16-9-4-5-10-17(16)21)22-23-20(24)27-13-18(25)14-7-6-8-15(12-14)26-2/h3-10,12H,1,11,13H2,2H3. The lowest BCUT2D eigenvalue weighted by atomic mass is 10.1. The average molecular weight is 383 g/mol. The summed E-state index contributed by atoms with van der Waals surface area (Å²) in [4.78, 5) is 12.5. The molecule has 0 fully saturated rings. The smallest absolute Gasteiger partial charge is 0.192 e. The number of methoxy groups -OCH3 is 1. The number of thioether (sulfide) groups is 1. The average Bonchev–Trinajstić information content (AvgIpc) is 3.09. The van der Waals surface area contributed by atoms with Crippen LogP contribution in [0.4, 0.5) is 4.39 Å². The van der Waals surface area contributed by atoms with Crippen molar-refractivity contribution >= 4 is 17.5 Å². The zero-order valence-electron chi connectivity index (χ0n) is 14.8. The van der Waals surface area contributed by atoms with Gasteiger partial charge in [0.05, 0.1) is 18.4 Å². The molecule has 0 atom stereocenters. The van der Waals surface area contributed by atoms with Gasteiger partial charge in [-0.15, -0.1) is 16.8 Å². The van der Waals surface area contributed by atoms with E-state index in [1.54, 1.807) is 60.2 Å². The Hall–Kier alpha value is -2.93. The van der Waals surface area contributed by atoms with E-state index in [2.05, 4.69) is 16.8 Å². The minimum Gasteiger partial charge on any atom is -0.497 e. The van der Waals surface area contributed by atoms with Crippen LogP contribution in [0.1, 0.15) is 10.4 Å². The van der Waals surface area contributed by atoms with E-state index in [-0.39, 0.29) is 17.4 Å². The van der Waals surface area contributed by atoms with Gasteiger partial charge in [0.15, 0.2) is 16.8 Å². The predicted octanol–water partition coefficient (Wildman–Crippen LogP) is 4.25. The molecule has 2 aromatic carbocycles. The molecule has 0 aliphatic carbocycles. The summed E-state index contributed by atoms with van der Waals surface area (Å²) in [5.74, 6) is 0.783. The molecular formula is C20H18FN3O2S. The molecule has 0 saturated carbocycles. The highest BCUT2D eigenvalue weighted by Crippen LogP contribution is 2.26. The van der Waals surface area contributed by atoms with Gasteiger partial charge < -0.3 is 4.74 Å². The topological polar surface area (TPSA) is 57.0 Å².